The van der Waals surface area contributed by atoms with Crippen molar-refractivity contribution in [3.63, 3.8) is 0 Å². The van der Waals surface area contributed by atoms with Crippen molar-refractivity contribution < 1.29 is 4.39 Å². The maximum absolute atomic E-state index is 13.3. The summed E-state index contributed by atoms with van der Waals surface area (Å²) in [5.74, 6) is -0.231. The second-order valence-corrected chi connectivity index (χ2v) is 7.19. The highest BCUT2D eigenvalue weighted by Gasteiger charge is 2.32. The zero-order valence-corrected chi connectivity index (χ0v) is 13.9. The third kappa shape index (κ3) is 2.84. The summed E-state index contributed by atoms with van der Waals surface area (Å²) in [5.41, 5.74) is 3.94. The molecule has 0 amide bonds. The van der Waals surface area contributed by atoms with Crippen LogP contribution in [0.2, 0.25) is 0 Å². The van der Waals surface area contributed by atoms with Crippen molar-refractivity contribution in [2.75, 3.05) is 5.32 Å². The molecule has 0 spiro atoms. The third-order valence-electron chi connectivity index (χ3n) is 4.38. The largest absolute Gasteiger partial charge is 0.378 e. The first-order valence-electron chi connectivity index (χ1n) is 7.28. The van der Waals surface area contributed by atoms with Gasteiger partial charge in [0.2, 0.25) is 0 Å². The Morgan fingerprint density at radius 1 is 1.19 bits per heavy atom. The molecule has 0 aliphatic heterocycles. The monoisotopic (exact) mass is 347 g/mol. The highest BCUT2D eigenvalue weighted by atomic mass is 79.9. The van der Waals surface area contributed by atoms with E-state index in [1.165, 1.54) is 17.2 Å². The molecule has 1 unspecified atom stereocenters. The van der Waals surface area contributed by atoms with E-state index in [-0.39, 0.29) is 17.3 Å². The van der Waals surface area contributed by atoms with Crippen LogP contribution in [-0.2, 0) is 5.41 Å². The summed E-state index contributed by atoms with van der Waals surface area (Å²) < 4.78 is 13.8. The average molecular weight is 348 g/mol. The van der Waals surface area contributed by atoms with E-state index in [4.69, 9.17) is 0 Å². The van der Waals surface area contributed by atoms with Gasteiger partial charge in [0.15, 0.2) is 0 Å². The number of benzene rings is 2. The minimum atomic E-state index is -0.231. The molecule has 21 heavy (non-hydrogen) atoms. The van der Waals surface area contributed by atoms with Gasteiger partial charge < -0.3 is 5.32 Å². The first-order valence-corrected chi connectivity index (χ1v) is 8.08. The van der Waals surface area contributed by atoms with Gasteiger partial charge in [-0.2, -0.15) is 0 Å². The number of rotatable bonds is 2. The second kappa shape index (κ2) is 5.45. The lowest BCUT2D eigenvalue weighted by atomic mass is 9.71. The summed E-state index contributed by atoms with van der Waals surface area (Å²) in [6, 6.07) is 14.0. The van der Waals surface area contributed by atoms with Crippen molar-refractivity contribution in [3.05, 3.63) is 63.9 Å². The van der Waals surface area contributed by atoms with Crippen molar-refractivity contribution in [2.24, 2.45) is 0 Å². The van der Waals surface area contributed by atoms with Crippen molar-refractivity contribution in [1.82, 2.24) is 0 Å². The predicted octanol–water partition coefficient (Wildman–Crippen LogP) is 5.81. The molecule has 0 saturated carbocycles. The molecular weight excluding hydrogens is 329 g/mol. The molecule has 1 atom stereocenters. The molecule has 3 heteroatoms. The van der Waals surface area contributed by atoms with Crippen molar-refractivity contribution in [1.29, 1.82) is 0 Å². The number of fused-ring (bicyclic) bond motifs is 1. The number of anilines is 1. The Hall–Kier alpha value is -1.35. The summed E-state index contributed by atoms with van der Waals surface area (Å²) in [5, 5.41) is 3.55. The van der Waals surface area contributed by atoms with Crippen LogP contribution in [0.25, 0.3) is 0 Å². The molecule has 1 aliphatic rings. The number of hydrogen-bond donors (Lipinski definition) is 1. The molecule has 3 rings (SSSR count). The Kier molecular flexibility index (Phi) is 3.78. The summed E-state index contributed by atoms with van der Waals surface area (Å²) in [6.07, 6.45) is 2.23. The van der Waals surface area contributed by atoms with Gasteiger partial charge in [-0.15, -0.1) is 0 Å². The minimum absolute atomic E-state index is 0.220. The van der Waals surface area contributed by atoms with Crippen LogP contribution in [0, 0.1) is 5.82 Å². The van der Waals surface area contributed by atoms with E-state index in [1.54, 1.807) is 12.1 Å². The Bertz CT molecular complexity index is 666. The minimum Gasteiger partial charge on any atom is -0.378 e. The fraction of sp³-hybridized carbons (Fsp3) is 0.333. The van der Waals surface area contributed by atoms with Gasteiger partial charge in [0.25, 0.3) is 0 Å². The Balaban J connectivity index is 1.92. The summed E-state index contributed by atoms with van der Waals surface area (Å²) >= 11 is 3.25. The van der Waals surface area contributed by atoms with Gasteiger partial charge in [0.05, 0.1) is 10.5 Å². The number of hydrogen-bond acceptors (Lipinski definition) is 1. The third-order valence-corrected chi connectivity index (χ3v) is 4.99. The molecule has 2 aromatic carbocycles. The van der Waals surface area contributed by atoms with Crippen LogP contribution in [0.3, 0.4) is 0 Å². The van der Waals surface area contributed by atoms with Gasteiger partial charge in [-0.05, 0) is 63.5 Å². The lowest BCUT2D eigenvalue weighted by Crippen LogP contribution is -2.29. The second-order valence-electron chi connectivity index (χ2n) is 6.34. The molecule has 2 aromatic rings. The van der Waals surface area contributed by atoms with Crippen LogP contribution in [0.4, 0.5) is 10.1 Å². The van der Waals surface area contributed by atoms with E-state index >= 15 is 0 Å². The van der Waals surface area contributed by atoms with Gasteiger partial charge in [-0.3, -0.25) is 0 Å². The van der Waals surface area contributed by atoms with Gasteiger partial charge in [-0.1, -0.05) is 38.1 Å². The SMILES string of the molecule is CC1(C)CCC(Nc2ccc(F)c(Br)c2)c2ccccc21. The summed E-state index contributed by atoms with van der Waals surface area (Å²) in [4.78, 5) is 0. The van der Waals surface area contributed by atoms with E-state index in [9.17, 15) is 4.39 Å². The fourth-order valence-electron chi connectivity index (χ4n) is 3.15. The standard InChI is InChI=1S/C18H19BrFN/c1-18(2)10-9-17(13-5-3-4-6-14(13)18)21-12-7-8-16(20)15(19)11-12/h3-8,11,17,21H,9-10H2,1-2H3. The molecule has 1 N–H and O–H groups in total. The van der Waals surface area contributed by atoms with Gasteiger partial charge in [0, 0.05) is 5.69 Å². The van der Waals surface area contributed by atoms with E-state index in [0.717, 1.165) is 18.5 Å². The summed E-state index contributed by atoms with van der Waals surface area (Å²) in [7, 11) is 0. The zero-order chi connectivity index (χ0) is 15.0. The maximum atomic E-state index is 13.3. The summed E-state index contributed by atoms with van der Waals surface area (Å²) in [6.45, 7) is 4.60. The normalized spacial score (nSPS) is 19.9. The fourth-order valence-corrected chi connectivity index (χ4v) is 3.53. The van der Waals surface area contributed by atoms with Gasteiger partial charge in [0.1, 0.15) is 5.82 Å². The van der Waals surface area contributed by atoms with Crippen LogP contribution < -0.4 is 5.32 Å². The highest BCUT2D eigenvalue weighted by molar-refractivity contribution is 9.10. The van der Waals surface area contributed by atoms with Crippen molar-refractivity contribution >= 4 is 21.6 Å². The van der Waals surface area contributed by atoms with E-state index in [2.05, 4.69) is 59.4 Å². The van der Waals surface area contributed by atoms with Crippen LogP contribution in [-0.4, -0.2) is 0 Å². The average Bonchev–Trinajstić information content (AvgIpc) is 2.46. The molecule has 1 nitrogen and oxygen atoms in total. The first-order chi connectivity index (χ1) is 9.97. The maximum Gasteiger partial charge on any atom is 0.137 e. The number of halogens is 2. The highest BCUT2D eigenvalue weighted by Crippen LogP contribution is 2.42. The van der Waals surface area contributed by atoms with E-state index in [1.807, 2.05) is 0 Å². The first kappa shape index (κ1) is 14.6. The van der Waals surface area contributed by atoms with Gasteiger partial charge >= 0.3 is 0 Å². The van der Waals surface area contributed by atoms with Crippen LogP contribution in [0.1, 0.15) is 43.9 Å². The van der Waals surface area contributed by atoms with E-state index in [0.29, 0.717) is 4.47 Å². The lowest BCUT2D eigenvalue weighted by Gasteiger charge is -2.37. The van der Waals surface area contributed by atoms with E-state index < -0.39 is 0 Å². The van der Waals surface area contributed by atoms with Crippen LogP contribution >= 0.6 is 15.9 Å². The smallest absolute Gasteiger partial charge is 0.137 e. The van der Waals surface area contributed by atoms with Crippen LogP contribution in [0.5, 0.6) is 0 Å². The topological polar surface area (TPSA) is 12.0 Å². The predicted molar refractivity (Wildman–Crippen MR) is 89.2 cm³/mol. The molecule has 0 radical (unpaired) electrons. The van der Waals surface area contributed by atoms with Crippen LogP contribution in [0.15, 0.2) is 46.9 Å². The molecule has 0 bridgehead atoms. The van der Waals surface area contributed by atoms with Crippen molar-refractivity contribution in [3.8, 4) is 0 Å². The molecule has 0 saturated heterocycles. The Morgan fingerprint density at radius 3 is 2.71 bits per heavy atom. The molecule has 0 fully saturated rings. The molecule has 0 aromatic heterocycles. The Labute approximate surface area is 133 Å². The molecular formula is C18H19BrFN. The number of nitrogens with one attached hydrogen (secondary N) is 1. The van der Waals surface area contributed by atoms with Gasteiger partial charge in [-0.25, -0.2) is 4.39 Å². The molecule has 1 aliphatic carbocycles. The molecule has 0 heterocycles. The zero-order valence-electron chi connectivity index (χ0n) is 12.3. The van der Waals surface area contributed by atoms with Crippen molar-refractivity contribution in [2.45, 2.75) is 38.1 Å². The molecule has 110 valence electrons. The lowest BCUT2D eigenvalue weighted by molar-refractivity contribution is 0.406. The quantitative estimate of drug-likeness (QED) is 0.722. The Morgan fingerprint density at radius 2 is 1.95 bits per heavy atom.